The van der Waals surface area contributed by atoms with Crippen molar-refractivity contribution in [2.45, 2.75) is 11.8 Å². The molecule has 2 aromatic carbocycles. The van der Waals surface area contributed by atoms with Gasteiger partial charge in [-0.2, -0.15) is 0 Å². The zero-order valence-electron chi connectivity index (χ0n) is 16.6. The summed E-state index contributed by atoms with van der Waals surface area (Å²) < 4.78 is 0. The fourth-order valence-electron chi connectivity index (χ4n) is 5.02. The van der Waals surface area contributed by atoms with Gasteiger partial charge in [0.25, 0.3) is 0 Å². The second kappa shape index (κ2) is 7.63. The molecule has 0 saturated carbocycles. The number of para-hydroxylation sites is 1. The van der Waals surface area contributed by atoms with Gasteiger partial charge in [0.2, 0.25) is 5.91 Å². The van der Waals surface area contributed by atoms with Gasteiger partial charge in [0.15, 0.2) is 0 Å². The maximum atomic E-state index is 12.7. The Labute approximate surface area is 177 Å². The van der Waals surface area contributed by atoms with Gasteiger partial charge in [0.05, 0.1) is 5.41 Å². The molecule has 152 valence electrons. The van der Waals surface area contributed by atoms with Crippen molar-refractivity contribution in [3.8, 4) is 0 Å². The van der Waals surface area contributed by atoms with E-state index in [-0.39, 0.29) is 11.3 Å². The number of rotatable bonds is 4. The van der Waals surface area contributed by atoms with Gasteiger partial charge in [-0.05, 0) is 48.9 Å². The first-order chi connectivity index (χ1) is 14.1. The molecular formula is C23H27ClN4O. The van der Waals surface area contributed by atoms with Gasteiger partial charge in [0, 0.05) is 62.2 Å². The summed E-state index contributed by atoms with van der Waals surface area (Å²) in [6.07, 6.45) is 0.917. The minimum absolute atomic E-state index is 0.178. The normalized spacial score (nSPS) is 24.9. The van der Waals surface area contributed by atoms with Gasteiger partial charge in [-0.1, -0.05) is 29.8 Å². The Bertz CT molecular complexity index is 894. The van der Waals surface area contributed by atoms with Crippen molar-refractivity contribution >= 4 is 28.9 Å². The number of nitrogens with zero attached hydrogens (tertiary/aromatic N) is 3. The SMILES string of the molecule is O=C1Nc2ccccc2C12CCN(CCN1CCN(c3ccc(Cl)cc3)CC1)C2. The van der Waals surface area contributed by atoms with E-state index in [0.29, 0.717) is 0 Å². The highest BCUT2D eigenvalue weighted by Crippen LogP contribution is 2.43. The van der Waals surface area contributed by atoms with Crippen LogP contribution in [0.5, 0.6) is 0 Å². The van der Waals surface area contributed by atoms with Crippen molar-refractivity contribution in [3.05, 3.63) is 59.1 Å². The number of hydrogen-bond donors (Lipinski definition) is 1. The van der Waals surface area contributed by atoms with E-state index in [1.807, 2.05) is 30.3 Å². The zero-order chi connectivity index (χ0) is 19.8. The minimum Gasteiger partial charge on any atom is -0.369 e. The smallest absolute Gasteiger partial charge is 0.236 e. The molecule has 1 atom stereocenters. The summed E-state index contributed by atoms with van der Waals surface area (Å²) in [5, 5.41) is 3.88. The molecule has 1 amide bonds. The van der Waals surface area contributed by atoms with Crippen molar-refractivity contribution in [2.24, 2.45) is 0 Å². The summed E-state index contributed by atoms with van der Waals surface area (Å²) in [4.78, 5) is 20.2. The second-order valence-electron chi connectivity index (χ2n) is 8.41. The Hall–Kier alpha value is -2.08. The first kappa shape index (κ1) is 18.9. The number of likely N-dealkylation sites (tertiary alicyclic amines) is 1. The third kappa shape index (κ3) is 3.52. The largest absolute Gasteiger partial charge is 0.369 e. The Morgan fingerprint density at radius 3 is 2.41 bits per heavy atom. The van der Waals surface area contributed by atoms with Crippen molar-refractivity contribution in [3.63, 3.8) is 0 Å². The summed E-state index contributed by atoms with van der Waals surface area (Å²) in [5.74, 6) is 0.178. The number of carbonyl (C=O) groups excluding carboxylic acids is 1. The van der Waals surface area contributed by atoms with Crippen LogP contribution < -0.4 is 10.2 Å². The van der Waals surface area contributed by atoms with Crippen molar-refractivity contribution in [1.29, 1.82) is 0 Å². The number of nitrogens with one attached hydrogen (secondary N) is 1. The van der Waals surface area contributed by atoms with Crippen LogP contribution in [0.4, 0.5) is 11.4 Å². The van der Waals surface area contributed by atoms with Crippen LogP contribution in [0.1, 0.15) is 12.0 Å². The lowest BCUT2D eigenvalue weighted by atomic mass is 9.81. The molecule has 0 bridgehead atoms. The number of benzene rings is 2. The van der Waals surface area contributed by atoms with Crippen LogP contribution in [0.15, 0.2) is 48.5 Å². The standard InChI is InChI=1S/C23H27ClN4O/c24-18-5-7-19(8-6-18)28-15-13-26(14-16-28)11-12-27-10-9-23(17-27)20-3-1-2-4-21(20)25-22(23)29/h1-8H,9-17H2,(H,25,29). The molecule has 1 unspecified atom stereocenters. The summed E-state index contributed by atoms with van der Waals surface area (Å²) in [6.45, 7) is 8.15. The van der Waals surface area contributed by atoms with Crippen LogP contribution in [0.2, 0.25) is 5.02 Å². The number of halogens is 1. The first-order valence-electron chi connectivity index (χ1n) is 10.5. The molecule has 6 heteroatoms. The van der Waals surface area contributed by atoms with Crippen molar-refractivity contribution in [2.75, 3.05) is 62.6 Å². The Balaban J connectivity index is 1.14. The molecule has 2 saturated heterocycles. The number of hydrogen-bond acceptors (Lipinski definition) is 4. The summed E-state index contributed by atoms with van der Waals surface area (Å²) >= 11 is 6.00. The van der Waals surface area contributed by atoms with Gasteiger partial charge >= 0.3 is 0 Å². The van der Waals surface area contributed by atoms with Gasteiger partial charge < -0.3 is 15.1 Å². The first-order valence-corrected chi connectivity index (χ1v) is 10.9. The lowest BCUT2D eigenvalue weighted by Crippen LogP contribution is -2.48. The van der Waals surface area contributed by atoms with Gasteiger partial charge in [-0.3, -0.25) is 9.69 Å². The van der Waals surface area contributed by atoms with E-state index in [0.717, 1.165) is 69.5 Å². The van der Waals surface area contributed by atoms with Gasteiger partial charge in [0.1, 0.15) is 0 Å². The van der Waals surface area contributed by atoms with E-state index in [1.165, 1.54) is 11.3 Å². The molecule has 29 heavy (non-hydrogen) atoms. The second-order valence-corrected chi connectivity index (χ2v) is 8.85. The third-order valence-corrected chi connectivity index (χ3v) is 7.02. The quantitative estimate of drug-likeness (QED) is 0.840. The van der Waals surface area contributed by atoms with E-state index < -0.39 is 0 Å². The maximum Gasteiger partial charge on any atom is 0.236 e. The van der Waals surface area contributed by atoms with Crippen LogP contribution in [0, 0.1) is 0 Å². The van der Waals surface area contributed by atoms with Crippen molar-refractivity contribution < 1.29 is 4.79 Å². The highest BCUT2D eigenvalue weighted by Gasteiger charge is 2.50. The summed E-state index contributed by atoms with van der Waals surface area (Å²) in [6, 6.07) is 16.3. The minimum atomic E-state index is -0.343. The van der Waals surface area contributed by atoms with Crippen LogP contribution in [-0.4, -0.2) is 68.1 Å². The zero-order valence-corrected chi connectivity index (χ0v) is 17.4. The molecule has 0 radical (unpaired) electrons. The van der Waals surface area contributed by atoms with E-state index in [1.54, 1.807) is 0 Å². The third-order valence-electron chi connectivity index (χ3n) is 6.77. The van der Waals surface area contributed by atoms with Gasteiger partial charge in [-0.15, -0.1) is 0 Å². The number of piperazine rings is 1. The predicted octanol–water partition coefficient (Wildman–Crippen LogP) is 3.06. The van der Waals surface area contributed by atoms with Gasteiger partial charge in [-0.25, -0.2) is 0 Å². The van der Waals surface area contributed by atoms with E-state index in [2.05, 4.69) is 38.2 Å². The fraction of sp³-hybridized carbons (Fsp3) is 0.435. The number of anilines is 2. The molecule has 0 aromatic heterocycles. The lowest BCUT2D eigenvalue weighted by Gasteiger charge is -2.36. The van der Waals surface area contributed by atoms with Crippen LogP contribution in [0.3, 0.4) is 0 Å². The van der Waals surface area contributed by atoms with Crippen LogP contribution in [-0.2, 0) is 10.2 Å². The average Bonchev–Trinajstić information content (AvgIpc) is 3.30. The number of amides is 1. The Morgan fingerprint density at radius 2 is 1.62 bits per heavy atom. The summed E-state index contributed by atoms with van der Waals surface area (Å²) in [7, 11) is 0. The molecule has 5 nitrogen and oxygen atoms in total. The molecule has 5 rings (SSSR count). The number of fused-ring (bicyclic) bond motifs is 2. The average molecular weight is 411 g/mol. The van der Waals surface area contributed by atoms with E-state index in [9.17, 15) is 4.79 Å². The molecule has 3 heterocycles. The summed E-state index contributed by atoms with van der Waals surface area (Å²) in [5.41, 5.74) is 3.09. The van der Waals surface area contributed by atoms with Crippen LogP contribution >= 0.6 is 11.6 Å². The van der Waals surface area contributed by atoms with E-state index >= 15 is 0 Å². The van der Waals surface area contributed by atoms with Crippen molar-refractivity contribution in [1.82, 2.24) is 9.80 Å². The molecule has 3 aliphatic rings. The predicted molar refractivity (Wildman–Crippen MR) is 118 cm³/mol. The molecule has 2 fully saturated rings. The van der Waals surface area contributed by atoms with Crippen LogP contribution in [0.25, 0.3) is 0 Å². The molecule has 1 spiro atoms. The maximum absolute atomic E-state index is 12.7. The Kier molecular flexibility index (Phi) is 4.98. The molecule has 1 N–H and O–H groups in total. The highest BCUT2D eigenvalue weighted by molar-refractivity contribution is 6.30. The molecule has 3 aliphatic heterocycles. The Morgan fingerprint density at radius 1 is 0.897 bits per heavy atom. The lowest BCUT2D eigenvalue weighted by molar-refractivity contribution is -0.120. The topological polar surface area (TPSA) is 38.8 Å². The number of carbonyl (C=O) groups is 1. The fourth-order valence-corrected chi connectivity index (χ4v) is 5.15. The monoisotopic (exact) mass is 410 g/mol. The molecular weight excluding hydrogens is 384 g/mol. The van der Waals surface area contributed by atoms with E-state index in [4.69, 9.17) is 11.6 Å². The molecule has 0 aliphatic carbocycles. The molecule has 2 aromatic rings. The highest BCUT2D eigenvalue weighted by atomic mass is 35.5.